The fraction of sp³-hybridized carbons (Fsp3) is 0.838. The molecular weight excluding hydrogens is 458 g/mol. The molecule has 0 radical (unpaired) electrons. The first-order valence-corrected chi connectivity index (χ1v) is 17.4. The molecule has 0 aliphatic heterocycles. The van der Waals surface area contributed by atoms with Crippen LogP contribution in [-0.2, 0) is 6.54 Å². The molecule has 0 fully saturated rings. The summed E-state index contributed by atoms with van der Waals surface area (Å²) in [5, 5.41) is 0. The lowest BCUT2D eigenvalue weighted by Crippen LogP contribution is -2.44. The molecule has 0 saturated heterocycles. The maximum atomic E-state index is 2.80. The first-order valence-electron chi connectivity index (χ1n) is 17.4. The van der Waals surface area contributed by atoms with Crippen LogP contribution < -0.4 is 0 Å². The van der Waals surface area contributed by atoms with Gasteiger partial charge in [-0.05, 0) is 38.8 Å². The molecule has 1 rings (SSSR count). The smallest absolute Gasteiger partial charge is 0.0239 e. The second-order valence-corrected chi connectivity index (χ2v) is 12.9. The maximum Gasteiger partial charge on any atom is 0.0239 e. The second-order valence-electron chi connectivity index (χ2n) is 12.9. The van der Waals surface area contributed by atoms with E-state index in [-0.39, 0.29) is 5.54 Å². The minimum atomic E-state index is 0.285. The summed E-state index contributed by atoms with van der Waals surface area (Å²) in [5.74, 6) is 0. The molecule has 1 aromatic carbocycles. The molecule has 0 amide bonds. The van der Waals surface area contributed by atoms with E-state index in [0.29, 0.717) is 0 Å². The van der Waals surface area contributed by atoms with Crippen LogP contribution in [0.4, 0.5) is 0 Å². The van der Waals surface area contributed by atoms with Crippen molar-refractivity contribution in [3.05, 3.63) is 35.9 Å². The predicted molar refractivity (Wildman–Crippen MR) is 173 cm³/mol. The van der Waals surface area contributed by atoms with E-state index in [4.69, 9.17) is 0 Å². The van der Waals surface area contributed by atoms with E-state index in [1.54, 1.807) is 0 Å². The summed E-state index contributed by atoms with van der Waals surface area (Å²) in [4.78, 5) is 2.80. The summed E-state index contributed by atoms with van der Waals surface area (Å²) >= 11 is 0. The van der Waals surface area contributed by atoms with Crippen LogP contribution in [0.2, 0.25) is 0 Å². The summed E-state index contributed by atoms with van der Waals surface area (Å²) < 4.78 is 0. The molecule has 0 unspecified atom stereocenters. The minimum Gasteiger partial charge on any atom is -0.294 e. The van der Waals surface area contributed by atoms with Crippen LogP contribution >= 0.6 is 0 Å². The van der Waals surface area contributed by atoms with Gasteiger partial charge in [-0.2, -0.15) is 0 Å². The zero-order chi connectivity index (χ0) is 27.6. The molecule has 0 aliphatic carbocycles. The fourth-order valence-electron chi connectivity index (χ4n) is 5.92. The summed E-state index contributed by atoms with van der Waals surface area (Å²) in [6.45, 7) is 12.0. The van der Waals surface area contributed by atoms with Crippen LogP contribution in [0.5, 0.6) is 0 Å². The maximum absolute atomic E-state index is 2.80. The Kier molecular flexibility index (Phi) is 23.3. The van der Waals surface area contributed by atoms with Gasteiger partial charge in [0.2, 0.25) is 0 Å². The monoisotopic (exact) mass is 528 g/mol. The van der Waals surface area contributed by atoms with Gasteiger partial charge in [-0.25, -0.2) is 0 Å². The molecule has 0 N–H and O–H groups in total. The van der Waals surface area contributed by atoms with Crippen LogP contribution in [0.25, 0.3) is 0 Å². The van der Waals surface area contributed by atoms with E-state index in [9.17, 15) is 0 Å². The van der Waals surface area contributed by atoms with E-state index in [1.165, 1.54) is 166 Å². The summed E-state index contributed by atoms with van der Waals surface area (Å²) in [6.07, 6.45) is 34.2. The van der Waals surface area contributed by atoms with Crippen molar-refractivity contribution >= 4 is 0 Å². The van der Waals surface area contributed by atoms with Gasteiger partial charge in [-0.1, -0.05) is 185 Å². The third-order valence-electron chi connectivity index (χ3n) is 8.75. The van der Waals surface area contributed by atoms with Crippen molar-refractivity contribution in [2.75, 3.05) is 6.54 Å². The molecule has 0 heterocycles. The number of rotatable bonds is 28. The lowest BCUT2D eigenvalue weighted by atomic mass is 9.92. The average Bonchev–Trinajstić information content (AvgIpc) is 2.92. The largest absolute Gasteiger partial charge is 0.294 e. The van der Waals surface area contributed by atoms with Gasteiger partial charge in [-0.3, -0.25) is 4.90 Å². The minimum absolute atomic E-state index is 0.285. The fourth-order valence-corrected chi connectivity index (χ4v) is 5.92. The second kappa shape index (κ2) is 25.2. The Morgan fingerprint density at radius 3 is 1.26 bits per heavy atom. The van der Waals surface area contributed by atoms with E-state index >= 15 is 0 Å². The lowest BCUT2D eigenvalue weighted by molar-refractivity contribution is 0.0967. The Morgan fingerprint density at radius 1 is 0.474 bits per heavy atom. The molecule has 0 aromatic heterocycles. The zero-order valence-corrected chi connectivity index (χ0v) is 26.7. The molecular formula is C37H69N. The molecule has 1 heteroatoms. The van der Waals surface area contributed by atoms with Crippen molar-refractivity contribution in [3.63, 3.8) is 0 Å². The molecule has 38 heavy (non-hydrogen) atoms. The van der Waals surface area contributed by atoms with Gasteiger partial charge in [0.25, 0.3) is 0 Å². The van der Waals surface area contributed by atoms with E-state index < -0.39 is 0 Å². The van der Waals surface area contributed by atoms with Crippen LogP contribution in [0.1, 0.15) is 187 Å². The van der Waals surface area contributed by atoms with E-state index in [1.807, 2.05) is 0 Å². The Hall–Kier alpha value is -0.820. The average molecular weight is 528 g/mol. The highest BCUT2D eigenvalue weighted by molar-refractivity contribution is 5.14. The molecule has 1 nitrogen and oxygen atoms in total. The summed E-state index contributed by atoms with van der Waals surface area (Å²) in [6, 6.07) is 11.2. The van der Waals surface area contributed by atoms with Crippen molar-refractivity contribution in [2.24, 2.45) is 0 Å². The quantitative estimate of drug-likeness (QED) is 0.0979. The Balaban J connectivity index is 2.22. The van der Waals surface area contributed by atoms with Crippen LogP contribution in [0, 0.1) is 0 Å². The zero-order valence-electron chi connectivity index (χ0n) is 26.7. The van der Waals surface area contributed by atoms with Crippen molar-refractivity contribution in [2.45, 2.75) is 194 Å². The van der Waals surface area contributed by atoms with Gasteiger partial charge >= 0.3 is 0 Å². The molecule has 222 valence electrons. The first kappa shape index (κ1) is 35.2. The number of unbranched alkanes of at least 4 members (excludes halogenated alkanes) is 21. The first-order chi connectivity index (χ1) is 18.6. The van der Waals surface area contributed by atoms with Crippen LogP contribution in [-0.4, -0.2) is 17.0 Å². The lowest BCUT2D eigenvalue weighted by Gasteiger charge is -2.39. The summed E-state index contributed by atoms with van der Waals surface area (Å²) in [7, 11) is 0. The Bertz CT molecular complexity index is 592. The highest BCUT2D eigenvalue weighted by Crippen LogP contribution is 2.26. The predicted octanol–water partition coefficient (Wildman–Crippen LogP) is 12.7. The number of hydrogen-bond acceptors (Lipinski definition) is 1. The van der Waals surface area contributed by atoms with Crippen LogP contribution in [0.3, 0.4) is 0 Å². The van der Waals surface area contributed by atoms with Gasteiger partial charge in [0, 0.05) is 12.1 Å². The Labute approximate surface area is 241 Å². The van der Waals surface area contributed by atoms with Crippen molar-refractivity contribution in [3.8, 4) is 0 Å². The van der Waals surface area contributed by atoms with Gasteiger partial charge < -0.3 is 0 Å². The summed E-state index contributed by atoms with van der Waals surface area (Å²) in [5.41, 5.74) is 1.76. The number of hydrogen-bond donors (Lipinski definition) is 0. The highest BCUT2D eigenvalue weighted by Gasteiger charge is 2.25. The molecule has 0 bridgehead atoms. The number of nitrogens with zero attached hydrogens (tertiary/aromatic N) is 1. The van der Waals surface area contributed by atoms with Crippen molar-refractivity contribution in [1.82, 2.24) is 4.90 Å². The van der Waals surface area contributed by atoms with E-state index in [0.717, 1.165) is 6.54 Å². The van der Waals surface area contributed by atoms with Gasteiger partial charge in [-0.15, -0.1) is 0 Å². The highest BCUT2D eigenvalue weighted by atomic mass is 15.2. The molecule has 0 aliphatic rings. The Morgan fingerprint density at radius 2 is 0.842 bits per heavy atom. The number of benzene rings is 1. The van der Waals surface area contributed by atoms with Crippen molar-refractivity contribution < 1.29 is 0 Å². The SMILES string of the molecule is CCCCCCCCCCCCCCCCN(Cc1ccccc1)C(C)(C)CCCCCCCCCCC. The normalized spacial score (nSPS) is 12.0. The molecule has 0 spiro atoms. The third-order valence-corrected chi connectivity index (χ3v) is 8.75. The molecule has 0 atom stereocenters. The topological polar surface area (TPSA) is 3.24 Å². The third kappa shape index (κ3) is 20.1. The van der Waals surface area contributed by atoms with Gasteiger partial charge in [0.1, 0.15) is 0 Å². The van der Waals surface area contributed by atoms with E-state index in [2.05, 4.69) is 62.9 Å². The molecule has 0 saturated carbocycles. The van der Waals surface area contributed by atoms with Crippen LogP contribution in [0.15, 0.2) is 30.3 Å². The molecule has 1 aromatic rings. The van der Waals surface area contributed by atoms with Gasteiger partial charge in [0.05, 0.1) is 0 Å². The van der Waals surface area contributed by atoms with Gasteiger partial charge in [0.15, 0.2) is 0 Å². The standard InChI is InChI=1S/C37H69N/c1-5-7-9-11-13-15-16-17-18-19-21-23-25-30-34-38(35-36-31-27-26-28-32-36)37(3,4)33-29-24-22-20-14-12-10-8-6-2/h26-28,31-32H,5-25,29-30,33-35H2,1-4H3. The van der Waals surface area contributed by atoms with Crippen molar-refractivity contribution in [1.29, 1.82) is 0 Å².